The maximum absolute atomic E-state index is 10.9. The van der Waals surface area contributed by atoms with Crippen LogP contribution in [-0.4, -0.2) is 35.6 Å². The van der Waals surface area contributed by atoms with Gasteiger partial charge in [0, 0.05) is 12.0 Å². The molecule has 0 aromatic heterocycles. The lowest BCUT2D eigenvalue weighted by molar-refractivity contribution is -0.138. The molecule has 21 heavy (non-hydrogen) atoms. The van der Waals surface area contributed by atoms with Crippen LogP contribution in [0.2, 0.25) is 0 Å². The van der Waals surface area contributed by atoms with Crippen LogP contribution in [0.15, 0.2) is 24.3 Å². The highest BCUT2D eigenvalue weighted by molar-refractivity contribution is 5.68. The molecule has 0 saturated carbocycles. The number of carboxylic acids is 1. The molecule has 1 N–H and O–H groups in total. The number of rotatable bonds is 6. The second kappa shape index (κ2) is 7.08. The summed E-state index contributed by atoms with van der Waals surface area (Å²) in [5, 5.41) is 8.99. The van der Waals surface area contributed by atoms with Gasteiger partial charge in [0.15, 0.2) is 0 Å². The molecule has 1 aliphatic heterocycles. The minimum absolute atomic E-state index is 0.167. The number of carboxylic acid groups (broad SMARTS) is 1. The van der Waals surface area contributed by atoms with Gasteiger partial charge in [-0.2, -0.15) is 0 Å². The fraction of sp³-hybridized carbons (Fsp3) is 0.611. The molecular weight excluding hydrogens is 262 g/mol. The van der Waals surface area contributed by atoms with Crippen LogP contribution in [0, 0.1) is 0 Å². The molecule has 1 aromatic rings. The van der Waals surface area contributed by atoms with Crippen LogP contribution in [0.1, 0.15) is 50.7 Å². The first kappa shape index (κ1) is 16.0. The summed E-state index contributed by atoms with van der Waals surface area (Å²) in [7, 11) is 0. The summed E-state index contributed by atoms with van der Waals surface area (Å²) in [6.45, 7) is 7.60. The highest BCUT2D eigenvalue weighted by Gasteiger charge is 2.23. The Hall–Kier alpha value is -1.35. The number of piperidine rings is 1. The van der Waals surface area contributed by atoms with E-state index in [0.717, 1.165) is 18.5 Å². The Morgan fingerprint density at radius 3 is 2.33 bits per heavy atom. The zero-order chi connectivity index (χ0) is 15.3. The number of nitrogens with zero attached hydrogens (tertiary/aromatic N) is 1. The first-order chi connectivity index (χ1) is 9.97. The maximum atomic E-state index is 10.9. The van der Waals surface area contributed by atoms with Crippen molar-refractivity contribution < 1.29 is 9.90 Å². The topological polar surface area (TPSA) is 40.5 Å². The summed E-state index contributed by atoms with van der Waals surface area (Å²) in [6, 6.07) is 8.49. The normalized spacial score (nSPS) is 16.9. The standard InChI is InChI=1S/C18H27NO2/c1-18(2,14-17(20)21)16-8-6-15(7-9-16)10-13-19-11-4-3-5-12-19/h6-9H,3-5,10-14H2,1-2H3,(H,20,21). The minimum atomic E-state index is -0.742. The van der Waals surface area contributed by atoms with Crippen molar-refractivity contribution in [3.8, 4) is 0 Å². The van der Waals surface area contributed by atoms with E-state index in [1.165, 1.54) is 37.9 Å². The molecule has 1 fully saturated rings. The minimum Gasteiger partial charge on any atom is -0.481 e. The zero-order valence-electron chi connectivity index (χ0n) is 13.3. The third-order valence-electron chi connectivity index (χ3n) is 4.49. The van der Waals surface area contributed by atoms with Crippen LogP contribution in [0.3, 0.4) is 0 Å². The summed E-state index contributed by atoms with van der Waals surface area (Å²) in [5.74, 6) is -0.742. The van der Waals surface area contributed by atoms with Gasteiger partial charge < -0.3 is 10.0 Å². The summed E-state index contributed by atoms with van der Waals surface area (Å²) >= 11 is 0. The molecule has 0 amide bonds. The molecule has 1 aromatic carbocycles. The van der Waals surface area contributed by atoms with Gasteiger partial charge in [-0.3, -0.25) is 4.79 Å². The van der Waals surface area contributed by atoms with E-state index in [2.05, 4.69) is 29.2 Å². The van der Waals surface area contributed by atoms with Crippen molar-refractivity contribution >= 4 is 5.97 Å². The van der Waals surface area contributed by atoms with Gasteiger partial charge in [-0.1, -0.05) is 44.5 Å². The lowest BCUT2D eigenvalue weighted by Crippen LogP contribution is -2.31. The molecule has 0 aliphatic carbocycles. The number of hydrogen-bond donors (Lipinski definition) is 1. The molecule has 116 valence electrons. The number of carbonyl (C=O) groups is 1. The predicted molar refractivity (Wildman–Crippen MR) is 85.7 cm³/mol. The van der Waals surface area contributed by atoms with Crippen molar-refractivity contribution in [1.29, 1.82) is 0 Å². The largest absolute Gasteiger partial charge is 0.481 e. The second-order valence-electron chi connectivity index (χ2n) is 6.80. The average Bonchev–Trinajstić information content (AvgIpc) is 2.45. The average molecular weight is 289 g/mol. The SMILES string of the molecule is CC(C)(CC(=O)O)c1ccc(CCN2CCCCC2)cc1. The lowest BCUT2D eigenvalue weighted by atomic mass is 9.81. The quantitative estimate of drug-likeness (QED) is 0.871. The highest BCUT2D eigenvalue weighted by Crippen LogP contribution is 2.27. The fourth-order valence-corrected chi connectivity index (χ4v) is 3.07. The molecule has 0 atom stereocenters. The van der Waals surface area contributed by atoms with E-state index in [9.17, 15) is 4.79 Å². The first-order valence-corrected chi connectivity index (χ1v) is 8.01. The van der Waals surface area contributed by atoms with E-state index < -0.39 is 5.97 Å². The summed E-state index contributed by atoms with van der Waals surface area (Å²) < 4.78 is 0. The molecule has 2 rings (SSSR count). The van der Waals surface area contributed by atoms with Crippen LogP contribution in [0.25, 0.3) is 0 Å². The first-order valence-electron chi connectivity index (χ1n) is 8.01. The van der Waals surface area contributed by atoms with Gasteiger partial charge in [0.1, 0.15) is 0 Å². The van der Waals surface area contributed by atoms with Crippen LogP contribution in [-0.2, 0) is 16.6 Å². The smallest absolute Gasteiger partial charge is 0.304 e. The molecule has 3 heteroatoms. The van der Waals surface area contributed by atoms with Crippen LogP contribution >= 0.6 is 0 Å². The van der Waals surface area contributed by atoms with E-state index >= 15 is 0 Å². The van der Waals surface area contributed by atoms with Crippen molar-refractivity contribution in [2.75, 3.05) is 19.6 Å². The van der Waals surface area contributed by atoms with Crippen molar-refractivity contribution in [2.45, 2.75) is 51.4 Å². The molecule has 1 heterocycles. The van der Waals surface area contributed by atoms with Crippen molar-refractivity contribution in [1.82, 2.24) is 4.90 Å². The van der Waals surface area contributed by atoms with Crippen LogP contribution in [0.4, 0.5) is 0 Å². The molecule has 0 bridgehead atoms. The Morgan fingerprint density at radius 2 is 1.76 bits per heavy atom. The van der Waals surface area contributed by atoms with Gasteiger partial charge >= 0.3 is 5.97 Å². The molecule has 3 nitrogen and oxygen atoms in total. The third kappa shape index (κ3) is 4.85. The summed E-state index contributed by atoms with van der Waals surface area (Å²) in [5.41, 5.74) is 2.14. The van der Waals surface area contributed by atoms with E-state index in [4.69, 9.17) is 5.11 Å². The molecule has 0 unspecified atom stereocenters. The van der Waals surface area contributed by atoms with Crippen molar-refractivity contribution in [3.63, 3.8) is 0 Å². The summed E-state index contributed by atoms with van der Waals surface area (Å²) in [4.78, 5) is 13.5. The highest BCUT2D eigenvalue weighted by atomic mass is 16.4. The molecule has 1 aliphatic rings. The van der Waals surface area contributed by atoms with Gasteiger partial charge in [0.25, 0.3) is 0 Å². The Bertz CT molecular complexity index is 459. The molecule has 1 saturated heterocycles. The lowest BCUT2D eigenvalue weighted by Gasteiger charge is -2.26. The van der Waals surface area contributed by atoms with Crippen LogP contribution < -0.4 is 0 Å². The van der Waals surface area contributed by atoms with Crippen molar-refractivity contribution in [3.05, 3.63) is 35.4 Å². The number of hydrogen-bond acceptors (Lipinski definition) is 2. The van der Waals surface area contributed by atoms with Gasteiger partial charge in [-0.25, -0.2) is 0 Å². The Labute approximate surface area is 128 Å². The number of benzene rings is 1. The second-order valence-corrected chi connectivity index (χ2v) is 6.80. The van der Waals surface area contributed by atoms with Crippen molar-refractivity contribution in [2.24, 2.45) is 0 Å². The number of aliphatic carboxylic acids is 1. The number of likely N-dealkylation sites (tertiary alicyclic amines) is 1. The predicted octanol–water partition coefficient (Wildman–Crippen LogP) is 3.47. The molecule has 0 radical (unpaired) electrons. The van der Waals surface area contributed by atoms with E-state index in [1.807, 2.05) is 13.8 Å². The molecule has 0 spiro atoms. The Kier molecular flexibility index (Phi) is 5.40. The van der Waals surface area contributed by atoms with Gasteiger partial charge in [-0.05, 0) is 43.5 Å². The Morgan fingerprint density at radius 1 is 1.14 bits per heavy atom. The van der Waals surface area contributed by atoms with Gasteiger partial charge in [0.2, 0.25) is 0 Å². The van der Waals surface area contributed by atoms with E-state index in [0.29, 0.717) is 0 Å². The van der Waals surface area contributed by atoms with E-state index in [1.54, 1.807) is 0 Å². The Balaban J connectivity index is 1.90. The maximum Gasteiger partial charge on any atom is 0.304 e. The van der Waals surface area contributed by atoms with Gasteiger partial charge in [-0.15, -0.1) is 0 Å². The van der Waals surface area contributed by atoms with E-state index in [-0.39, 0.29) is 11.8 Å². The van der Waals surface area contributed by atoms with Crippen LogP contribution in [0.5, 0.6) is 0 Å². The zero-order valence-corrected chi connectivity index (χ0v) is 13.3. The summed E-state index contributed by atoms with van der Waals surface area (Å²) in [6.07, 6.45) is 5.30. The van der Waals surface area contributed by atoms with Gasteiger partial charge in [0.05, 0.1) is 6.42 Å². The third-order valence-corrected chi connectivity index (χ3v) is 4.49. The molecular formula is C18H27NO2. The monoisotopic (exact) mass is 289 g/mol. The fourth-order valence-electron chi connectivity index (χ4n) is 3.07.